The quantitative estimate of drug-likeness (QED) is 0.697. The van der Waals surface area contributed by atoms with Gasteiger partial charge in [-0.05, 0) is 22.3 Å². The highest BCUT2D eigenvalue weighted by Crippen LogP contribution is 2.44. The van der Waals surface area contributed by atoms with Gasteiger partial charge < -0.3 is 20.3 Å². The number of ether oxygens (including phenoxy) is 1. The predicted molar refractivity (Wildman–Crippen MR) is 101 cm³/mol. The van der Waals surface area contributed by atoms with Crippen molar-refractivity contribution in [3.05, 3.63) is 59.7 Å². The van der Waals surface area contributed by atoms with Crippen LogP contribution in [-0.2, 0) is 9.53 Å². The van der Waals surface area contributed by atoms with E-state index in [1.54, 1.807) is 6.92 Å². The number of fused-ring (bicyclic) bond motifs is 3. The number of carbonyl (C=O) groups excluding carboxylic acids is 1. The second-order valence-electron chi connectivity index (χ2n) is 7.22. The van der Waals surface area contributed by atoms with E-state index in [1.165, 1.54) is 0 Å². The van der Waals surface area contributed by atoms with E-state index in [0.717, 1.165) is 22.3 Å². The number of alkyl carbamates (subject to hydrolysis) is 1. The van der Waals surface area contributed by atoms with Crippen LogP contribution in [0.3, 0.4) is 0 Å². The number of carbonyl (C=O) groups is 2. The van der Waals surface area contributed by atoms with Crippen LogP contribution in [0.1, 0.15) is 30.4 Å². The summed E-state index contributed by atoms with van der Waals surface area (Å²) in [5.41, 5.74) is 3.61. The Kier molecular flexibility index (Phi) is 5.46. The van der Waals surface area contributed by atoms with Crippen LogP contribution in [0.15, 0.2) is 48.5 Å². The number of carboxylic acid groups (broad SMARTS) is 1. The summed E-state index contributed by atoms with van der Waals surface area (Å²) in [6.07, 6.45) is -0.866. The smallest absolute Gasteiger partial charge is 0.407 e. The van der Waals surface area contributed by atoms with Crippen LogP contribution in [0.4, 0.5) is 4.79 Å². The zero-order valence-electron chi connectivity index (χ0n) is 15.1. The summed E-state index contributed by atoms with van der Waals surface area (Å²) in [7, 11) is 0. The molecule has 1 aliphatic carbocycles. The third-order valence-corrected chi connectivity index (χ3v) is 4.96. The van der Waals surface area contributed by atoms with E-state index in [-0.39, 0.29) is 32.1 Å². The van der Waals surface area contributed by atoms with Crippen molar-refractivity contribution in [3.8, 4) is 11.1 Å². The molecule has 6 nitrogen and oxygen atoms in total. The fourth-order valence-electron chi connectivity index (χ4n) is 3.47. The highest BCUT2D eigenvalue weighted by atomic mass is 16.5. The summed E-state index contributed by atoms with van der Waals surface area (Å²) >= 11 is 0. The van der Waals surface area contributed by atoms with Crippen LogP contribution in [0.2, 0.25) is 0 Å². The molecule has 27 heavy (non-hydrogen) atoms. The number of hydrogen-bond acceptors (Lipinski definition) is 4. The standard InChI is InChI=1S/C21H23NO5/c1-21(13-23,10-19(24)25)12-22-20(26)27-11-18-16-8-4-2-6-14(16)15-7-3-5-9-17(15)18/h2-9,18,23H,10-13H2,1H3,(H,22,26)(H,24,25). The average molecular weight is 369 g/mol. The number of carboxylic acids is 1. The Morgan fingerprint density at radius 1 is 1.07 bits per heavy atom. The molecule has 3 rings (SSSR count). The van der Waals surface area contributed by atoms with Crippen molar-refractivity contribution >= 4 is 12.1 Å². The summed E-state index contributed by atoms with van der Waals surface area (Å²) in [5, 5.41) is 20.9. The van der Waals surface area contributed by atoms with Crippen molar-refractivity contribution in [1.29, 1.82) is 0 Å². The lowest BCUT2D eigenvalue weighted by molar-refractivity contribution is -0.140. The molecule has 3 N–H and O–H groups in total. The molecule has 2 aromatic carbocycles. The minimum absolute atomic E-state index is 0.0203. The second-order valence-corrected chi connectivity index (χ2v) is 7.22. The van der Waals surface area contributed by atoms with Crippen LogP contribution >= 0.6 is 0 Å². The van der Waals surface area contributed by atoms with Gasteiger partial charge in [-0.1, -0.05) is 55.5 Å². The van der Waals surface area contributed by atoms with Gasteiger partial charge >= 0.3 is 12.1 Å². The van der Waals surface area contributed by atoms with Crippen LogP contribution in [-0.4, -0.2) is 42.0 Å². The molecule has 0 saturated carbocycles. The number of benzene rings is 2. The van der Waals surface area contributed by atoms with Gasteiger partial charge in [0, 0.05) is 17.9 Å². The molecular formula is C21H23NO5. The first-order valence-corrected chi connectivity index (χ1v) is 8.85. The number of amides is 1. The molecule has 0 aromatic heterocycles. The number of aliphatic carboxylic acids is 1. The zero-order valence-corrected chi connectivity index (χ0v) is 15.1. The Bertz CT molecular complexity index is 804. The van der Waals surface area contributed by atoms with Crippen LogP contribution < -0.4 is 5.32 Å². The molecule has 1 unspecified atom stereocenters. The molecule has 6 heteroatoms. The van der Waals surface area contributed by atoms with Crippen molar-refractivity contribution in [2.45, 2.75) is 19.3 Å². The molecular weight excluding hydrogens is 346 g/mol. The van der Waals surface area contributed by atoms with Gasteiger partial charge in [-0.3, -0.25) is 4.79 Å². The van der Waals surface area contributed by atoms with E-state index >= 15 is 0 Å². The lowest BCUT2D eigenvalue weighted by Crippen LogP contribution is -2.40. The number of nitrogens with one attached hydrogen (secondary N) is 1. The van der Waals surface area contributed by atoms with Crippen LogP contribution in [0.25, 0.3) is 11.1 Å². The average Bonchev–Trinajstić information content (AvgIpc) is 2.98. The van der Waals surface area contributed by atoms with Crippen LogP contribution in [0, 0.1) is 5.41 Å². The maximum Gasteiger partial charge on any atom is 0.407 e. The van der Waals surface area contributed by atoms with Gasteiger partial charge in [-0.15, -0.1) is 0 Å². The number of hydrogen-bond donors (Lipinski definition) is 3. The normalized spacial score (nSPS) is 14.7. The molecule has 1 aliphatic rings. The first-order chi connectivity index (χ1) is 12.9. The molecule has 0 saturated heterocycles. The number of aliphatic hydroxyl groups is 1. The summed E-state index contributed by atoms with van der Waals surface area (Å²) in [6.45, 7) is 1.47. The minimum atomic E-state index is -1.03. The van der Waals surface area contributed by atoms with Crippen LogP contribution in [0.5, 0.6) is 0 Å². The Morgan fingerprint density at radius 3 is 2.15 bits per heavy atom. The lowest BCUT2D eigenvalue weighted by atomic mass is 9.88. The Balaban J connectivity index is 1.63. The Labute approximate surface area is 157 Å². The monoisotopic (exact) mass is 369 g/mol. The Morgan fingerprint density at radius 2 is 1.63 bits per heavy atom. The van der Waals surface area contributed by atoms with Gasteiger partial charge in [0.2, 0.25) is 0 Å². The second kappa shape index (κ2) is 7.80. The first kappa shape index (κ1) is 18.9. The third kappa shape index (κ3) is 4.11. The summed E-state index contributed by atoms with van der Waals surface area (Å²) in [6, 6.07) is 16.1. The molecule has 0 aliphatic heterocycles. The highest BCUT2D eigenvalue weighted by Gasteiger charge is 2.30. The summed E-state index contributed by atoms with van der Waals surface area (Å²) < 4.78 is 5.41. The molecule has 1 amide bonds. The first-order valence-electron chi connectivity index (χ1n) is 8.85. The van der Waals surface area contributed by atoms with Gasteiger partial charge in [0.25, 0.3) is 0 Å². The molecule has 0 radical (unpaired) electrons. The van der Waals surface area contributed by atoms with E-state index in [1.807, 2.05) is 36.4 Å². The topological polar surface area (TPSA) is 95.9 Å². The van der Waals surface area contributed by atoms with Gasteiger partial charge in [-0.25, -0.2) is 4.79 Å². The molecule has 0 bridgehead atoms. The summed E-state index contributed by atoms with van der Waals surface area (Å²) in [5.74, 6) is -1.06. The molecule has 0 spiro atoms. The highest BCUT2D eigenvalue weighted by molar-refractivity contribution is 5.79. The maximum absolute atomic E-state index is 12.1. The van der Waals surface area contributed by atoms with Crippen molar-refractivity contribution in [2.75, 3.05) is 19.8 Å². The van der Waals surface area contributed by atoms with E-state index < -0.39 is 17.5 Å². The fourth-order valence-corrected chi connectivity index (χ4v) is 3.47. The Hall–Kier alpha value is -2.86. The maximum atomic E-state index is 12.1. The van der Waals surface area contributed by atoms with Gasteiger partial charge in [0.15, 0.2) is 0 Å². The fraction of sp³-hybridized carbons (Fsp3) is 0.333. The largest absolute Gasteiger partial charge is 0.481 e. The minimum Gasteiger partial charge on any atom is -0.481 e. The predicted octanol–water partition coefficient (Wildman–Crippen LogP) is 3.00. The number of aliphatic hydroxyl groups excluding tert-OH is 1. The number of rotatable bonds is 7. The van der Waals surface area contributed by atoms with Gasteiger partial charge in [0.05, 0.1) is 13.0 Å². The lowest BCUT2D eigenvalue weighted by Gasteiger charge is -2.25. The van der Waals surface area contributed by atoms with E-state index in [9.17, 15) is 14.7 Å². The van der Waals surface area contributed by atoms with E-state index in [4.69, 9.17) is 9.84 Å². The molecule has 0 heterocycles. The molecule has 142 valence electrons. The van der Waals surface area contributed by atoms with Gasteiger partial charge in [0.1, 0.15) is 6.61 Å². The molecule has 2 aromatic rings. The third-order valence-electron chi connectivity index (χ3n) is 4.96. The molecule has 0 fully saturated rings. The molecule has 1 atom stereocenters. The zero-order chi connectivity index (χ0) is 19.4. The van der Waals surface area contributed by atoms with Crippen molar-refractivity contribution in [2.24, 2.45) is 5.41 Å². The van der Waals surface area contributed by atoms with E-state index in [2.05, 4.69) is 17.4 Å². The van der Waals surface area contributed by atoms with Crippen molar-refractivity contribution < 1.29 is 24.5 Å². The summed E-state index contributed by atoms with van der Waals surface area (Å²) in [4.78, 5) is 23.0. The van der Waals surface area contributed by atoms with Crippen molar-refractivity contribution in [3.63, 3.8) is 0 Å². The SMILES string of the molecule is CC(CO)(CNC(=O)OCC1c2ccccc2-c2ccccc21)CC(=O)O. The van der Waals surface area contributed by atoms with Gasteiger partial charge in [-0.2, -0.15) is 0 Å². The van der Waals surface area contributed by atoms with E-state index in [0.29, 0.717) is 0 Å². The van der Waals surface area contributed by atoms with Crippen molar-refractivity contribution in [1.82, 2.24) is 5.32 Å².